The van der Waals surface area contributed by atoms with Crippen LogP contribution in [0.25, 0.3) is 0 Å². The lowest BCUT2D eigenvalue weighted by atomic mass is 10.1. The topological polar surface area (TPSA) is 132 Å². The molecule has 3 atom stereocenters. The molecule has 0 saturated carbocycles. The van der Waals surface area contributed by atoms with Gasteiger partial charge in [-0.05, 0) is 103 Å². The Labute approximate surface area is 377 Å². The van der Waals surface area contributed by atoms with Crippen LogP contribution in [-0.4, -0.2) is 66.3 Å². The molecule has 3 unspecified atom stereocenters. The summed E-state index contributed by atoms with van der Waals surface area (Å²) in [5, 5.41) is 18.4. The summed E-state index contributed by atoms with van der Waals surface area (Å²) in [6.07, 6.45) is 63.0. The van der Waals surface area contributed by atoms with E-state index in [0.717, 1.165) is 128 Å². The van der Waals surface area contributed by atoms with E-state index in [1.807, 2.05) is 0 Å². The van der Waals surface area contributed by atoms with E-state index in [4.69, 9.17) is 23.6 Å². The molecule has 0 aromatic carbocycles. The first kappa shape index (κ1) is 58.9. The van der Waals surface area contributed by atoms with Crippen LogP contribution in [0.4, 0.5) is 0 Å². The van der Waals surface area contributed by atoms with Gasteiger partial charge in [0.1, 0.15) is 12.2 Å². The molecule has 0 aromatic rings. The first-order valence-electron chi connectivity index (χ1n) is 23.5. The van der Waals surface area contributed by atoms with Crippen molar-refractivity contribution in [2.45, 2.75) is 167 Å². The normalized spacial score (nSPS) is 15.0. The zero-order valence-corrected chi connectivity index (χ0v) is 39.4. The van der Waals surface area contributed by atoms with Crippen LogP contribution in [0.5, 0.6) is 0 Å². The molecule has 0 fully saturated rings. The highest BCUT2D eigenvalue weighted by molar-refractivity contribution is 7.47. The Morgan fingerprint density at radius 2 is 0.871 bits per heavy atom. The van der Waals surface area contributed by atoms with Crippen LogP contribution in [0.2, 0.25) is 0 Å². The maximum atomic E-state index is 12.7. The zero-order chi connectivity index (χ0) is 45.3. The second kappa shape index (κ2) is 47.3. The highest BCUT2D eigenvalue weighted by Gasteiger charge is 2.26. The van der Waals surface area contributed by atoms with E-state index >= 15 is 0 Å². The van der Waals surface area contributed by atoms with Crippen LogP contribution in [0.3, 0.4) is 0 Å². The number of unbranched alkanes of at least 4 members (excludes halogenated alkanes) is 9. The molecule has 0 aliphatic carbocycles. The number of phosphoric acid groups is 1. The van der Waals surface area contributed by atoms with E-state index in [9.17, 15) is 19.4 Å². The fourth-order valence-corrected chi connectivity index (χ4v) is 6.43. The lowest BCUT2D eigenvalue weighted by molar-refractivity contribution is -0.154. The number of rotatable bonds is 43. The van der Waals surface area contributed by atoms with E-state index in [1.54, 1.807) is 0 Å². The maximum Gasteiger partial charge on any atom is 0.472 e. The molecule has 10 heteroatoms. The van der Waals surface area contributed by atoms with Gasteiger partial charge in [0.15, 0.2) is 0 Å². The molecule has 62 heavy (non-hydrogen) atoms. The number of allylic oxidation sites excluding steroid dienone is 20. The second-order valence-corrected chi connectivity index (χ2v) is 16.5. The lowest BCUT2D eigenvalue weighted by Gasteiger charge is -2.20. The van der Waals surface area contributed by atoms with Crippen molar-refractivity contribution in [3.05, 3.63) is 122 Å². The summed E-state index contributed by atoms with van der Waals surface area (Å²) in [5.74, 6) is -0.416. The first-order chi connectivity index (χ1) is 30.3. The highest BCUT2D eigenvalue weighted by atomic mass is 31.2. The van der Waals surface area contributed by atoms with Gasteiger partial charge >= 0.3 is 13.8 Å². The van der Waals surface area contributed by atoms with Crippen LogP contribution in [0.1, 0.15) is 155 Å². The van der Waals surface area contributed by atoms with Crippen molar-refractivity contribution in [2.75, 3.05) is 33.0 Å². The summed E-state index contributed by atoms with van der Waals surface area (Å²) in [7, 11) is -4.55. The number of esters is 1. The zero-order valence-electron chi connectivity index (χ0n) is 38.5. The molecule has 3 N–H and O–H groups in total. The minimum Gasteiger partial charge on any atom is -0.457 e. The third kappa shape index (κ3) is 46.4. The van der Waals surface area contributed by atoms with Crippen LogP contribution in [0, 0.1) is 0 Å². The number of phosphoric ester groups is 1. The predicted octanol–water partition coefficient (Wildman–Crippen LogP) is 13.6. The third-order valence-electron chi connectivity index (χ3n) is 9.14. The molecule has 0 heterocycles. The van der Waals surface area contributed by atoms with Gasteiger partial charge in [-0.1, -0.05) is 167 Å². The van der Waals surface area contributed by atoms with Gasteiger partial charge in [-0.15, -0.1) is 0 Å². The standard InChI is InChI=1S/C52H85O9P/c1-3-5-7-9-11-13-15-17-19-21-23-25-26-28-30-32-34-36-38-40-42-44-52(55)61-51(49-60-62(56,57)59-47-50(54)46-53)48-58-45-43-41-39-37-35-33-31-29-27-24-22-20-18-16-14-12-10-8-6-4-2/h5-8,11-14,17-20,23-25,27-28,30-31,33,50-51,53-54H,3-4,9-10,15-16,21-22,26,29,32,34-49H2,1-2H3,(H,56,57)/b7-5-,8-6-,13-11-,14-12-,19-17-,20-18-,25-23-,27-24-,30-28-,33-31-. The fraction of sp³-hybridized carbons (Fsp3) is 0.596. The van der Waals surface area contributed by atoms with Crippen molar-refractivity contribution < 1.29 is 43.0 Å². The number of hydrogen-bond donors (Lipinski definition) is 3. The van der Waals surface area contributed by atoms with Crippen LogP contribution in [-0.2, 0) is 27.9 Å². The Morgan fingerprint density at radius 1 is 0.500 bits per heavy atom. The molecule has 0 aliphatic rings. The number of hydrogen-bond acceptors (Lipinski definition) is 8. The quantitative estimate of drug-likeness (QED) is 0.0237. The minimum atomic E-state index is -4.55. The van der Waals surface area contributed by atoms with Gasteiger partial charge in [-0.2, -0.15) is 0 Å². The van der Waals surface area contributed by atoms with E-state index in [0.29, 0.717) is 13.0 Å². The molecule has 0 saturated heterocycles. The van der Waals surface area contributed by atoms with E-state index in [2.05, 4.69) is 135 Å². The molecule has 0 spiro atoms. The summed E-state index contributed by atoms with van der Waals surface area (Å²) in [6, 6.07) is 0. The summed E-state index contributed by atoms with van der Waals surface area (Å²) in [5.41, 5.74) is 0. The van der Waals surface area contributed by atoms with Gasteiger partial charge in [0.2, 0.25) is 0 Å². The molecular formula is C52H85O9P. The Kier molecular flexibility index (Phi) is 44.9. The van der Waals surface area contributed by atoms with Crippen molar-refractivity contribution in [1.29, 1.82) is 0 Å². The molecular weight excluding hydrogens is 800 g/mol. The summed E-state index contributed by atoms with van der Waals surface area (Å²) < 4.78 is 33.4. The van der Waals surface area contributed by atoms with Crippen molar-refractivity contribution in [3.63, 3.8) is 0 Å². The predicted molar refractivity (Wildman–Crippen MR) is 260 cm³/mol. The van der Waals surface area contributed by atoms with E-state index < -0.39 is 45.8 Å². The Morgan fingerprint density at radius 3 is 1.31 bits per heavy atom. The molecule has 0 aliphatic heterocycles. The Bertz CT molecular complexity index is 1370. The number of aliphatic hydroxyl groups excluding tert-OH is 2. The maximum absolute atomic E-state index is 12.7. The van der Waals surface area contributed by atoms with Crippen molar-refractivity contribution in [2.24, 2.45) is 0 Å². The van der Waals surface area contributed by atoms with Crippen LogP contribution in [0.15, 0.2) is 122 Å². The number of carbonyl (C=O) groups excluding carboxylic acids is 1. The SMILES string of the molecule is CC/C=C\C/C=C\C/C=C\C/C=C\C/C=C\CCCCCCCC(=O)OC(COCCCCCC/C=C\C/C=C\C/C=C\C/C=C\C/C=C\CC)COP(=O)(O)OCC(O)CO. The average molecular weight is 885 g/mol. The fourth-order valence-electron chi connectivity index (χ4n) is 5.64. The molecule has 0 aromatic heterocycles. The molecule has 352 valence electrons. The number of ether oxygens (including phenoxy) is 2. The van der Waals surface area contributed by atoms with Crippen molar-refractivity contribution in [1.82, 2.24) is 0 Å². The van der Waals surface area contributed by atoms with Gasteiger partial charge in [0.05, 0.1) is 26.4 Å². The van der Waals surface area contributed by atoms with E-state index in [1.165, 1.54) is 0 Å². The molecule has 0 bridgehead atoms. The van der Waals surface area contributed by atoms with Gasteiger partial charge < -0.3 is 24.6 Å². The molecule has 9 nitrogen and oxygen atoms in total. The summed E-state index contributed by atoms with van der Waals surface area (Å²) in [6.45, 7) is 3.17. The van der Waals surface area contributed by atoms with Crippen LogP contribution < -0.4 is 0 Å². The first-order valence-corrected chi connectivity index (χ1v) is 25.0. The average Bonchev–Trinajstić information content (AvgIpc) is 3.26. The van der Waals surface area contributed by atoms with Gasteiger partial charge in [-0.25, -0.2) is 4.57 Å². The smallest absolute Gasteiger partial charge is 0.457 e. The number of aliphatic hydroxyl groups is 2. The molecule has 0 amide bonds. The van der Waals surface area contributed by atoms with Gasteiger partial charge in [-0.3, -0.25) is 13.8 Å². The monoisotopic (exact) mass is 885 g/mol. The summed E-state index contributed by atoms with van der Waals surface area (Å²) in [4.78, 5) is 22.7. The Hall–Kier alpha value is -3.14. The lowest BCUT2D eigenvalue weighted by Crippen LogP contribution is -2.29. The molecule has 0 rings (SSSR count). The summed E-state index contributed by atoms with van der Waals surface area (Å²) >= 11 is 0. The Balaban J connectivity index is 4.27. The highest BCUT2D eigenvalue weighted by Crippen LogP contribution is 2.43. The largest absolute Gasteiger partial charge is 0.472 e. The molecule has 0 radical (unpaired) electrons. The van der Waals surface area contributed by atoms with Crippen molar-refractivity contribution in [3.8, 4) is 0 Å². The minimum absolute atomic E-state index is 0.0147. The van der Waals surface area contributed by atoms with Crippen LogP contribution >= 0.6 is 7.82 Å². The van der Waals surface area contributed by atoms with E-state index in [-0.39, 0.29) is 13.0 Å². The second-order valence-electron chi connectivity index (χ2n) is 15.0. The number of carbonyl (C=O) groups is 1. The van der Waals surface area contributed by atoms with Crippen molar-refractivity contribution >= 4 is 13.8 Å². The van der Waals surface area contributed by atoms with Gasteiger partial charge in [0.25, 0.3) is 0 Å². The third-order valence-corrected chi connectivity index (χ3v) is 10.1. The van der Waals surface area contributed by atoms with Gasteiger partial charge in [0, 0.05) is 13.0 Å².